The summed E-state index contributed by atoms with van der Waals surface area (Å²) in [6.45, 7) is 8.21. The molecule has 1 saturated heterocycles. The summed E-state index contributed by atoms with van der Waals surface area (Å²) in [7, 11) is 1.69. The van der Waals surface area contributed by atoms with Crippen molar-refractivity contribution >= 4 is 35.8 Å². The molecule has 1 aliphatic heterocycles. The SMILES string of the molecule is CCNC(=NCCCCN1CCC(C(N)=O)CC1)NCCOC.I. The van der Waals surface area contributed by atoms with Crippen LogP contribution in [-0.2, 0) is 9.53 Å². The van der Waals surface area contributed by atoms with Crippen molar-refractivity contribution in [1.29, 1.82) is 0 Å². The number of methoxy groups -OCH3 is 1. The van der Waals surface area contributed by atoms with Gasteiger partial charge in [0.25, 0.3) is 0 Å². The van der Waals surface area contributed by atoms with Crippen molar-refractivity contribution in [2.75, 3.05) is 53.0 Å². The van der Waals surface area contributed by atoms with Crippen LogP contribution in [0.1, 0.15) is 32.6 Å². The smallest absolute Gasteiger partial charge is 0.220 e. The minimum absolute atomic E-state index is 0. The number of halogens is 1. The van der Waals surface area contributed by atoms with E-state index in [9.17, 15) is 4.79 Å². The maximum Gasteiger partial charge on any atom is 0.220 e. The van der Waals surface area contributed by atoms with Gasteiger partial charge in [0.2, 0.25) is 5.91 Å². The van der Waals surface area contributed by atoms with Crippen molar-refractivity contribution < 1.29 is 9.53 Å². The number of nitrogens with one attached hydrogen (secondary N) is 2. The molecule has 7 nitrogen and oxygen atoms in total. The lowest BCUT2D eigenvalue weighted by atomic mass is 9.96. The summed E-state index contributed by atoms with van der Waals surface area (Å²) in [6, 6.07) is 0. The number of likely N-dealkylation sites (tertiary alicyclic amines) is 1. The van der Waals surface area contributed by atoms with E-state index in [1.807, 2.05) is 0 Å². The summed E-state index contributed by atoms with van der Waals surface area (Å²) in [5.41, 5.74) is 5.36. The summed E-state index contributed by atoms with van der Waals surface area (Å²) in [6.07, 6.45) is 4.00. The number of amides is 1. The first-order valence-corrected chi connectivity index (χ1v) is 8.70. The molecular weight excluding hydrogens is 421 g/mol. The number of nitrogens with two attached hydrogens (primary N) is 1. The van der Waals surface area contributed by atoms with Gasteiger partial charge in [0.05, 0.1) is 6.61 Å². The highest BCUT2D eigenvalue weighted by Gasteiger charge is 2.22. The number of primary amides is 1. The first-order chi connectivity index (χ1) is 11.2. The molecule has 0 bridgehead atoms. The van der Waals surface area contributed by atoms with Gasteiger partial charge in [-0.25, -0.2) is 0 Å². The summed E-state index contributed by atoms with van der Waals surface area (Å²) >= 11 is 0. The summed E-state index contributed by atoms with van der Waals surface area (Å²) < 4.78 is 5.02. The molecule has 1 amide bonds. The molecule has 4 N–H and O–H groups in total. The standard InChI is InChI=1S/C16H33N5O2.HI/c1-3-18-16(20-9-13-23-2)19-8-4-5-10-21-11-6-14(7-12-21)15(17)22;/h14H,3-13H2,1-2H3,(H2,17,22)(H2,18,19,20);1H. The van der Waals surface area contributed by atoms with Crippen LogP contribution in [0.15, 0.2) is 4.99 Å². The van der Waals surface area contributed by atoms with Gasteiger partial charge >= 0.3 is 0 Å². The fourth-order valence-corrected chi connectivity index (χ4v) is 2.69. The number of hydrogen-bond acceptors (Lipinski definition) is 4. The highest BCUT2D eigenvalue weighted by Crippen LogP contribution is 2.16. The number of rotatable bonds is 10. The second-order valence-electron chi connectivity index (χ2n) is 5.91. The third kappa shape index (κ3) is 10.3. The van der Waals surface area contributed by atoms with Gasteiger partial charge in [0.15, 0.2) is 5.96 Å². The molecule has 8 heteroatoms. The molecule has 24 heavy (non-hydrogen) atoms. The number of carbonyl (C=O) groups is 1. The van der Waals surface area contributed by atoms with Crippen LogP contribution in [0.3, 0.4) is 0 Å². The zero-order chi connectivity index (χ0) is 16.9. The molecule has 0 aromatic rings. The minimum atomic E-state index is -0.143. The zero-order valence-electron chi connectivity index (χ0n) is 15.1. The first-order valence-electron chi connectivity index (χ1n) is 8.70. The topological polar surface area (TPSA) is 92.0 Å². The second-order valence-corrected chi connectivity index (χ2v) is 5.91. The normalized spacial score (nSPS) is 16.5. The molecule has 0 radical (unpaired) electrons. The molecule has 142 valence electrons. The van der Waals surface area contributed by atoms with E-state index >= 15 is 0 Å². The number of piperidine rings is 1. The molecule has 0 aliphatic carbocycles. The molecule has 1 heterocycles. The van der Waals surface area contributed by atoms with E-state index in [0.717, 1.165) is 70.9 Å². The highest BCUT2D eigenvalue weighted by atomic mass is 127. The summed E-state index contributed by atoms with van der Waals surface area (Å²) in [4.78, 5) is 18.1. The number of nitrogens with zero attached hydrogens (tertiary/aromatic N) is 2. The van der Waals surface area contributed by atoms with Crippen LogP contribution < -0.4 is 16.4 Å². The Hall–Kier alpha value is -0.610. The first kappa shape index (κ1) is 23.4. The molecule has 0 atom stereocenters. The Morgan fingerprint density at radius 3 is 2.58 bits per heavy atom. The molecule has 0 aromatic carbocycles. The zero-order valence-corrected chi connectivity index (χ0v) is 17.4. The highest BCUT2D eigenvalue weighted by molar-refractivity contribution is 14.0. The van der Waals surface area contributed by atoms with Crippen molar-refractivity contribution in [3.8, 4) is 0 Å². The van der Waals surface area contributed by atoms with Crippen molar-refractivity contribution in [2.24, 2.45) is 16.6 Å². The van der Waals surface area contributed by atoms with E-state index in [2.05, 4.69) is 27.4 Å². The Balaban J connectivity index is 0.00000529. The predicted molar refractivity (Wildman–Crippen MR) is 109 cm³/mol. The van der Waals surface area contributed by atoms with Gasteiger partial charge < -0.3 is 26.0 Å². The van der Waals surface area contributed by atoms with Crippen LogP contribution in [0.2, 0.25) is 0 Å². The molecule has 0 aromatic heterocycles. The van der Waals surface area contributed by atoms with Gasteiger partial charge in [0, 0.05) is 32.7 Å². The van der Waals surface area contributed by atoms with Crippen LogP contribution in [-0.4, -0.2) is 69.8 Å². The van der Waals surface area contributed by atoms with Crippen LogP contribution in [0, 0.1) is 5.92 Å². The largest absolute Gasteiger partial charge is 0.383 e. The van der Waals surface area contributed by atoms with E-state index in [0.29, 0.717) is 6.61 Å². The number of ether oxygens (including phenoxy) is 1. The summed E-state index contributed by atoms with van der Waals surface area (Å²) in [5, 5.41) is 6.46. The number of aliphatic imine (C=N–C) groups is 1. The van der Waals surface area contributed by atoms with Gasteiger partial charge in [-0.15, -0.1) is 24.0 Å². The van der Waals surface area contributed by atoms with Gasteiger partial charge in [-0.1, -0.05) is 0 Å². The number of unbranched alkanes of at least 4 members (excludes halogenated alkanes) is 1. The maximum atomic E-state index is 11.1. The third-order valence-electron chi connectivity index (χ3n) is 4.09. The van der Waals surface area contributed by atoms with Crippen LogP contribution in [0.5, 0.6) is 0 Å². The monoisotopic (exact) mass is 455 g/mol. The van der Waals surface area contributed by atoms with Gasteiger partial charge in [-0.3, -0.25) is 9.79 Å². The Morgan fingerprint density at radius 2 is 2.00 bits per heavy atom. The molecular formula is C16H34IN5O2. The second kappa shape index (κ2) is 14.7. The van der Waals surface area contributed by atoms with Gasteiger partial charge in [-0.2, -0.15) is 0 Å². The Labute approximate surface area is 163 Å². The molecule has 1 rings (SSSR count). The predicted octanol–water partition coefficient (Wildman–Crippen LogP) is 0.783. The van der Waals surface area contributed by atoms with Crippen molar-refractivity contribution in [2.45, 2.75) is 32.6 Å². The fourth-order valence-electron chi connectivity index (χ4n) is 2.69. The Morgan fingerprint density at radius 1 is 1.29 bits per heavy atom. The molecule has 0 saturated carbocycles. The van der Waals surface area contributed by atoms with E-state index < -0.39 is 0 Å². The number of guanidine groups is 1. The average molecular weight is 455 g/mol. The number of carbonyl (C=O) groups excluding carboxylic acids is 1. The van der Waals surface area contributed by atoms with E-state index in [-0.39, 0.29) is 35.8 Å². The third-order valence-corrected chi connectivity index (χ3v) is 4.09. The van der Waals surface area contributed by atoms with E-state index in [1.165, 1.54) is 0 Å². The maximum absolute atomic E-state index is 11.1. The van der Waals surface area contributed by atoms with Crippen molar-refractivity contribution in [3.05, 3.63) is 0 Å². The quantitative estimate of drug-likeness (QED) is 0.196. The van der Waals surface area contributed by atoms with Crippen LogP contribution in [0.4, 0.5) is 0 Å². The Bertz CT molecular complexity index is 360. The van der Waals surface area contributed by atoms with Crippen LogP contribution >= 0.6 is 24.0 Å². The lowest BCUT2D eigenvalue weighted by Gasteiger charge is -2.30. The average Bonchev–Trinajstić information content (AvgIpc) is 2.55. The molecule has 0 unspecified atom stereocenters. The number of hydrogen-bond donors (Lipinski definition) is 3. The lowest BCUT2D eigenvalue weighted by Crippen LogP contribution is -2.39. The van der Waals surface area contributed by atoms with E-state index in [4.69, 9.17) is 10.5 Å². The minimum Gasteiger partial charge on any atom is -0.383 e. The molecule has 1 aliphatic rings. The van der Waals surface area contributed by atoms with Crippen LogP contribution in [0.25, 0.3) is 0 Å². The lowest BCUT2D eigenvalue weighted by molar-refractivity contribution is -0.123. The van der Waals surface area contributed by atoms with Gasteiger partial charge in [0.1, 0.15) is 0 Å². The van der Waals surface area contributed by atoms with E-state index in [1.54, 1.807) is 7.11 Å². The molecule has 0 spiro atoms. The van der Waals surface area contributed by atoms with Gasteiger partial charge in [-0.05, 0) is 52.2 Å². The Kier molecular flexibility index (Phi) is 14.3. The summed E-state index contributed by atoms with van der Waals surface area (Å²) in [5.74, 6) is 0.791. The van der Waals surface area contributed by atoms with Crippen molar-refractivity contribution in [3.63, 3.8) is 0 Å². The fraction of sp³-hybridized carbons (Fsp3) is 0.875. The van der Waals surface area contributed by atoms with Crippen molar-refractivity contribution in [1.82, 2.24) is 15.5 Å². The molecule has 1 fully saturated rings.